The molecule has 1 aromatic rings. The number of aliphatic imine (C=N–C) groups is 1. The Morgan fingerprint density at radius 1 is 1.19 bits per heavy atom. The van der Waals surface area contributed by atoms with Gasteiger partial charge in [0, 0.05) is 18.2 Å². The molecule has 2 atom stereocenters. The van der Waals surface area contributed by atoms with Crippen molar-refractivity contribution < 1.29 is 0 Å². The summed E-state index contributed by atoms with van der Waals surface area (Å²) in [5.74, 6) is 0.637. The minimum absolute atomic E-state index is 0.637. The molecule has 3 rings (SSSR count). The number of hydrogen-bond acceptors (Lipinski definition) is 2. The van der Waals surface area contributed by atoms with Gasteiger partial charge in [0.1, 0.15) is 0 Å². The number of para-hydroxylation sites is 2. The Hall–Kier alpha value is -0.580. The van der Waals surface area contributed by atoms with Crippen molar-refractivity contribution in [3.63, 3.8) is 0 Å². The third-order valence-corrected chi connectivity index (χ3v) is 4.82. The van der Waals surface area contributed by atoms with Crippen LogP contribution in [0.15, 0.2) is 29.3 Å². The zero-order chi connectivity index (χ0) is 11.0. The average molecular weight is 326 g/mol. The van der Waals surface area contributed by atoms with E-state index in [9.17, 15) is 0 Å². The molecular weight excluding hydrogens is 311 g/mol. The molecule has 84 valence electrons. The second-order valence-corrected chi connectivity index (χ2v) is 5.63. The van der Waals surface area contributed by atoms with Crippen LogP contribution in [0.3, 0.4) is 0 Å². The Kier molecular flexibility index (Phi) is 2.88. The summed E-state index contributed by atoms with van der Waals surface area (Å²) < 4.78 is 2.41. The summed E-state index contributed by atoms with van der Waals surface area (Å²) in [5.41, 5.74) is 2.39. The molecule has 1 aromatic carbocycles. The van der Waals surface area contributed by atoms with Gasteiger partial charge >= 0.3 is 0 Å². The fourth-order valence-corrected chi connectivity index (χ4v) is 3.80. The molecule has 0 spiro atoms. The maximum Gasteiger partial charge on any atom is 0.0866 e. The third-order valence-electron chi connectivity index (χ3n) is 3.59. The van der Waals surface area contributed by atoms with E-state index in [4.69, 9.17) is 0 Å². The summed E-state index contributed by atoms with van der Waals surface area (Å²) in [6, 6.07) is 9.09. The van der Waals surface area contributed by atoms with Crippen molar-refractivity contribution in [2.24, 2.45) is 10.9 Å². The minimum atomic E-state index is 0.637. The molecule has 1 aliphatic heterocycles. The van der Waals surface area contributed by atoms with E-state index in [1.165, 1.54) is 31.4 Å². The highest BCUT2D eigenvalue weighted by molar-refractivity contribution is 14.1. The van der Waals surface area contributed by atoms with Crippen molar-refractivity contribution in [3.05, 3.63) is 24.3 Å². The van der Waals surface area contributed by atoms with E-state index >= 15 is 0 Å². The van der Waals surface area contributed by atoms with Crippen LogP contribution in [0.1, 0.15) is 25.7 Å². The van der Waals surface area contributed by atoms with E-state index in [1.807, 2.05) is 0 Å². The van der Waals surface area contributed by atoms with E-state index in [2.05, 4.69) is 61.5 Å². The molecule has 1 fully saturated rings. The molecule has 0 amide bonds. The van der Waals surface area contributed by atoms with Gasteiger partial charge in [-0.05, 0) is 25.0 Å². The highest BCUT2D eigenvalue weighted by Crippen LogP contribution is 2.40. The lowest BCUT2D eigenvalue weighted by atomic mass is 9.85. The number of fused-ring (bicyclic) bond motifs is 2. The summed E-state index contributed by atoms with van der Waals surface area (Å²) in [4.78, 5) is 4.65. The lowest BCUT2D eigenvalue weighted by Gasteiger charge is -2.34. The topological polar surface area (TPSA) is 15.6 Å². The quantitative estimate of drug-likeness (QED) is 0.517. The Labute approximate surface area is 110 Å². The number of anilines is 1. The second-order valence-electron chi connectivity index (χ2n) is 4.59. The van der Waals surface area contributed by atoms with Crippen molar-refractivity contribution >= 4 is 40.5 Å². The maximum atomic E-state index is 4.65. The normalized spacial score (nSPS) is 28.2. The van der Waals surface area contributed by atoms with Gasteiger partial charge in [0.05, 0.1) is 34.2 Å². The summed E-state index contributed by atoms with van der Waals surface area (Å²) in [5, 5.41) is 0. The Morgan fingerprint density at radius 2 is 2.00 bits per heavy atom. The summed E-state index contributed by atoms with van der Waals surface area (Å²) in [6.07, 6.45) is 7.49. The summed E-state index contributed by atoms with van der Waals surface area (Å²) >= 11 is 2.46. The van der Waals surface area contributed by atoms with Crippen LogP contribution < -0.4 is 3.11 Å². The standard InChI is InChI=1S/C13H15IN2/c14-16-12-7-3-1-5-10(12)9-15-11-6-2-4-8-13(11)16/h2,4,6,8-10,12H,1,3,5,7H2. The van der Waals surface area contributed by atoms with Gasteiger partial charge in [-0.2, -0.15) is 0 Å². The van der Waals surface area contributed by atoms with Gasteiger partial charge in [0.15, 0.2) is 0 Å². The summed E-state index contributed by atoms with van der Waals surface area (Å²) in [7, 11) is 0. The predicted molar refractivity (Wildman–Crippen MR) is 76.8 cm³/mol. The van der Waals surface area contributed by atoms with Crippen molar-refractivity contribution in [2.45, 2.75) is 31.7 Å². The molecule has 0 radical (unpaired) electrons. The smallest absolute Gasteiger partial charge is 0.0866 e. The molecule has 1 saturated carbocycles. The Morgan fingerprint density at radius 3 is 2.94 bits per heavy atom. The van der Waals surface area contributed by atoms with Crippen LogP contribution in [-0.2, 0) is 0 Å². The van der Waals surface area contributed by atoms with Gasteiger partial charge in [-0.1, -0.05) is 25.0 Å². The van der Waals surface area contributed by atoms with Gasteiger partial charge < -0.3 is 3.11 Å². The Bertz CT molecular complexity index is 416. The molecule has 0 bridgehead atoms. The third kappa shape index (κ3) is 1.75. The fraction of sp³-hybridized carbons (Fsp3) is 0.462. The lowest BCUT2D eigenvalue weighted by molar-refractivity contribution is 0.396. The van der Waals surface area contributed by atoms with Crippen LogP contribution in [0.5, 0.6) is 0 Å². The van der Waals surface area contributed by atoms with Gasteiger partial charge in [-0.25, -0.2) is 0 Å². The van der Waals surface area contributed by atoms with Gasteiger partial charge in [-0.15, -0.1) is 0 Å². The van der Waals surface area contributed by atoms with Crippen LogP contribution >= 0.6 is 22.9 Å². The van der Waals surface area contributed by atoms with E-state index in [0.717, 1.165) is 5.69 Å². The monoisotopic (exact) mass is 326 g/mol. The molecule has 3 heteroatoms. The van der Waals surface area contributed by atoms with Crippen molar-refractivity contribution in [1.82, 2.24) is 0 Å². The molecular formula is C13H15IN2. The van der Waals surface area contributed by atoms with Crippen LogP contribution in [0.25, 0.3) is 0 Å². The van der Waals surface area contributed by atoms with Crippen LogP contribution in [0.4, 0.5) is 11.4 Å². The minimum Gasteiger partial charge on any atom is -0.309 e. The predicted octanol–water partition coefficient (Wildman–Crippen LogP) is 4.12. The van der Waals surface area contributed by atoms with Gasteiger partial charge in [-0.3, -0.25) is 4.99 Å². The molecule has 2 aliphatic rings. The SMILES string of the molecule is IN1c2ccccc2N=CC2CCCCC21. The molecule has 2 nitrogen and oxygen atoms in total. The van der Waals surface area contributed by atoms with E-state index < -0.39 is 0 Å². The van der Waals surface area contributed by atoms with E-state index in [0.29, 0.717) is 12.0 Å². The van der Waals surface area contributed by atoms with Crippen LogP contribution in [0.2, 0.25) is 0 Å². The lowest BCUT2D eigenvalue weighted by Crippen LogP contribution is -2.36. The van der Waals surface area contributed by atoms with Crippen molar-refractivity contribution in [2.75, 3.05) is 3.11 Å². The summed E-state index contributed by atoms with van der Waals surface area (Å²) in [6.45, 7) is 0. The highest BCUT2D eigenvalue weighted by Gasteiger charge is 2.31. The Balaban J connectivity index is 2.03. The first kappa shape index (κ1) is 10.6. The molecule has 1 aliphatic carbocycles. The largest absolute Gasteiger partial charge is 0.309 e. The molecule has 1 heterocycles. The second kappa shape index (κ2) is 4.35. The molecule has 0 aromatic heterocycles. The first-order valence-corrected chi connectivity index (χ1v) is 6.91. The highest BCUT2D eigenvalue weighted by atomic mass is 127. The van der Waals surface area contributed by atoms with E-state index in [-0.39, 0.29) is 0 Å². The van der Waals surface area contributed by atoms with Gasteiger partial charge in [0.2, 0.25) is 0 Å². The maximum absolute atomic E-state index is 4.65. The van der Waals surface area contributed by atoms with E-state index in [1.54, 1.807) is 0 Å². The zero-order valence-electron chi connectivity index (χ0n) is 9.14. The number of benzene rings is 1. The first-order chi connectivity index (χ1) is 7.86. The molecule has 2 unspecified atom stereocenters. The van der Waals surface area contributed by atoms with Crippen molar-refractivity contribution in [1.29, 1.82) is 0 Å². The number of hydrogen-bond donors (Lipinski definition) is 0. The molecule has 16 heavy (non-hydrogen) atoms. The van der Waals surface area contributed by atoms with Crippen LogP contribution in [0, 0.1) is 5.92 Å². The number of halogens is 1. The number of rotatable bonds is 0. The molecule has 0 N–H and O–H groups in total. The fourth-order valence-electron chi connectivity index (χ4n) is 2.70. The van der Waals surface area contributed by atoms with Gasteiger partial charge in [0.25, 0.3) is 0 Å². The number of nitrogens with zero attached hydrogens (tertiary/aromatic N) is 2. The van der Waals surface area contributed by atoms with Crippen LogP contribution in [-0.4, -0.2) is 12.3 Å². The molecule has 0 saturated heterocycles. The first-order valence-electron chi connectivity index (χ1n) is 5.94. The average Bonchev–Trinajstić information content (AvgIpc) is 2.49. The zero-order valence-corrected chi connectivity index (χ0v) is 11.3. The van der Waals surface area contributed by atoms with Crippen molar-refractivity contribution in [3.8, 4) is 0 Å².